The van der Waals surface area contributed by atoms with Crippen molar-refractivity contribution in [1.82, 2.24) is 4.57 Å². The number of fused-ring (bicyclic) bond motifs is 2. The summed E-state index contributed by atoms with van der Waals surface area (Å²) in [5.41, 5.74) is 5.25. The lowest BCUT2D eigenvalue weighted by atomic mass is 9.98. The molecule has 0 unspecified atom stereocenters. The van der Waals surface area contributed by atoms with Crippen LogP contribution in [-0.4, -0.2) is 4.57 Å². The van der Waals surface area contributed by atoms with Crippen molar-refractivity contribution in [3.05, 3.63) is 107 Å². The van der Waals surface area contributed by atoms with Gasteiger partial charge < -0.3 is 0 Å². The number of thioether (sulfide) groups is 1. The fourth-order valence-electron chi connectivity index (χ4n) is 4.09. The van der Waals surface area contributed by atoms with Gasteiger partial charge in [-0.1, -0.05) is 79.0 Å². The predicted octanol–water partition coefficient (Wildman–Crippen LogP) is 6.78. The Kier molecular flexibility index (Phi) is 4.07. The molecule has 0 saturated carbocycles. The molecule has 0 N–H and O–H groups in total. The maximum absolute atomic E-state index is 13.4. The highest BCUT2D eigenvalue weighted by molar-refractivity contribution is 8.03. The van der Waals surface area contributed by atoms with Crippen molar-refractivity contribution in [2.45, 2.75) is 11.8 Å². The molecule has 0 atom stereocenters. The minimum absolute atomic E-state index is 0.0211. The van der Waals surface area contributed by atoms with Crippen molar-refractivity contribution in [2.75, 3.05) is 0 Å². The van der Waals surface area contributed by atoms with E-state index in [0.717, 1.165) is 37.4 Å². The number of nitrogens with zero attached hydrogens (tertiary/aromatic N) is 1. The van der Waals surface area contributed by atoms with Crippen LogP contribution in [0.15, 0.2) is 101 Å². The van der Waals surface area contributed by atoms with Crippen LogP contribution in [0.5, 0.6) is 0 Å². The second-order valence-electron chi connectivity index (χ2n) is 7.19. The number of hydrogen-bond donors (Lipinski definition) is 0. The van der Waals surface area contributed by atoms with Gasteiger partial charge in [0.25, 0.3) is 5.56 Å². The zero-order valence-corrected chi connectivity index (χ0v) is 16.9. The minimum Gasteiger partial charge on any atom is -0.274 e. The van der Waals surface area contributed by atoms with E-state index in [4.69, 9.17) is 0 Å². The Balaban J connectivity index is 2.00. The molecular formula is C26H19NOS. The van der Waals surface area contributed by atoms with Gasteiger partial charge >= 0.3 is 0 Å². The molecule has 0 radical (unpaired) electrons. The smallest absolute Gasteiger partial charge is 0.263 e. The highest BCUT2D eigenvalue weighted by Gasteiger charge is 2.23. The summed E-state index contributed by atoms with van der Waals surface area (Å²) in [4.78, 5) is 15.4. The maximum Gasteiger partial charge on any atom is 0.263 e. The van der Waals surface area contributed by atoms with Gasteiger partial charge in [-0.3, -0.25) is 9.36 Å². The van der Waals surface area contributed by atoms with E-state index >= 15 is 0 Å². The Morgan fingerprint density at radius 2 is 1.66 bits per heavy atom. The standard InChI is InChI=1S/C26H19NOS/c1-4-22-23(5-2)29-24-15-18(17-10-8-9-16(3)13-17)14-21-19-11-6-7-12-20(19)26(28)27(22)25(21)24/h4-15H,1-2H2,3H3. The fourth-order valence-corrected chi connectivity index (χ4v) is 5.17. The minimum atomic E-state index is -0.0211. The molecule has 29 heavy (non-hydrogen) atoms. The van der Waals surface area contributed by atoms with E-state index < -0.39 is 0 Å². The van der Waals surface area contributed by atoms with E-state index in [1.807, 2.05) is 24.3 Å². The molecule has 2 heterocycles. The molecule has 3 aromatic carbocycles. The number of aromatic nitrogens is 1. The lowest BCUT2D eigenvalue weighted by molar-refractivity contribution is 1.08. The lowest BCUT2D eigenvalue weighted by Crippen LogP contribution is -2.22. The van der Waals surface area contributed by atoms with Gasteiger partial charge in [0.05, 0.1) is 11.2 Å². The summed E-state index contributed by atoms with van der Waals surface area (Å²) in [6.45, 7) is 10.0. The number of benzene rings is 3. The average molecular weight is 394 g/mol. The molecule has 1 aromatic heterocycles. The summed E-state index contributed by atoms with van der Waals surface area (Å²) in [7, 11) is 0. The molecule has 1 aliphatic rings. The highest BCUT2D eigenvalue weighted by atomic mass is 32.2. The third-order valence-corrected chi connectivity index (χ3v) is 6.52. The van der Waals surface area contributed by atoms with Crippen LogP contribution in [0.25, 0.3) is 38.5 Å². The number of pyridine rings is 1. The van der Waals surface area contributed by atoms with E-state index in [0.29, 0.717) is 5.39 Å². The zero-order valence-electron chi connectivity index (χ0n) is 16.1. The molecule has 3 heteroatoms. The molecule has 0 fully saturated rings. The monoisotopic (exact) mass is 393 g/mol. The van der Waals surface area contributed by atoms with Crippen molar-refractivity contribution < 1.29 is 0 Å². The van der Waals surface area contributed by atoms with Crippen molar-refractivity contribution in [3.8, 4) is 11.1 Å². The first-order valence-electron chi connectivity index (χ1n) is 9.48. The Labute approximate surface area is 173 Å². The first-order chi connectivity index (χ1) is 14.1. The van der Waals surface area contributed by atoms with Crippen molar-refractivity contribution in [3.63, 3.8) is 0 Å². The molecule has 4 aromatic rings. The number of aryl methyl sites for hydroxylation is 1. The van der Waals surface area contributed by atoms with E-state index in [2.05, 4.69) is 56.5 Å². The van der Waals surface area contributed by atoms with Gasteiger partial charge in [-0.05, 0) is 47.7 Å². The van der Waals surface area contributed by atoms with Gasteiger partial charge in [-0.15, -0.1) is 0 Å². The van der Waals surface area contributed by atoms with Gasteiger partial charge in [0, 0.05) is 20.6 Å². The van der Waals surface area contributed by atoms with Crippen LogP contribution in [0.2, 0.25) is 0 Å². The van der Waals surface area contributed by atoms with E-state index in [-0.39, 0.29) is 5.56 Å². The van der Waals surface area contributed by atoms with Gasteiger partial charge in [0.15, 0.2) is 0 Å². The summed E-state index contributed by atoms with van der Waals surface area (Å²) in [6.07, 6.45) is 3.55. The molecule has 1 aliphatic heterocycles. The summed E-state index contributed by atoms with van der Waals surface area (Å²) >= 11 is 1.64. The largest absolute Gasteiger partial charge is 0.274 e. The molecular weight excluding hydrogens is 374 g/mol. The van der Waals surface area contributed by atoms with Crippen LogP contribution in [-0.2, 0) is 0 Å². The Morgan fingerprint density at radius 1 is 0.862 bits per heavy atom. The second kappa shape index (κ2) is 6.64. The predicted molar refractivity (Wildman–Crippen MR) is 125 cm³/mol. The molecule has 5 rings (SSSR count). The number of rotatable bonds is 3. The Morgan fingerprint density at radius 3 is 2.38 bits per heavy atom. The third kappa shape index (κ3) is 2.62. The molecule has 0 spiro atoms. The molecule has 2 nitrogen and oxygen atoms in total. The molecule has 0 amide bonds. The van der Waals surface area contributed by atoms with Crippen molar-refractivity contribution in [1.29, 1.82) is 0 Å². The second-order valence-corrected chi connectivity index (χ2v) is 8.27. The van der Waals surface area contributed by atoms with Crippen LogP contribution in [0.4, 0.5) is 0 Å². The Hall–Kier alpha value is -3.30. The quantitative estimate of drug-likeness (QED) is 0.358. The first-order valence-corrected chi connectivity index (χ1v) is 10.3. The highest BCUT2D eigenvalue weighted by Crippen LogP contribution is 2.44. The average Bonchev–Trinajstić information content (AvgIpc) is 2.76. The van der Waals surface area contributed by atoms with Gasteiger partial charge in [-0.25, -0.2) is 0 Å². The summed E-state index contributed by atoms with van der Waals surface area (Å²) in [5.74, 6) is 0. The normalized spacial score (nSPS) is 13.1. The Bertz CT molecular complexity index is 1440. The maximum atomic E-state index is 13.4. The SMILES string of the molecule is C=CC1=C(C=C)n2c(=O)c3ccccc3c3cc(-c4cccc(C)c4)cc(c32)S1. The summed E-state index contributed by atoms with van der Waals surface area (Å²) in [5, 5.41) is 2.76. The van der Waals surface area contributed by atoms with Crippen LogP contribution in [0.3, 0.4) is 0 Å². The molecule has 140 valence electrons. The third-order valence-electron chi connectivity index (χ3n) is 5.39. The van der Waals surface area contributed by atoms with Crippen LogP contribution >= 0.6 is 11.8 Å². The van der Waals surface area contributed by atoms with Crippen LogP contribution in [0, 0.1) is 6.92 Å². The van der Waals surface area contributed by atoms with Crippen LogP contribution in [0.1, 0.15) is 5.56 Å². The van der Waals surface area contributed by atoms with Gasteiger partial charge in [-0.2, -0.15) is 0 Å². The van der Waals surface area contributed by atoms with E-state index in [9.17, 15) is 4.79 Å². The fraction of sp³-hybridized carbons (Fsp3) is 0.0385. The van der Waals surface area contributed by atoms with Gasteiger partial charge in [0.2, 0.25) is 0 Å². The number of allylic oxidation sites excluding steroid dienone is 3. The first kappa shape index (κ1) is 17.8. The molecule has 0 aliphatic carbocycles. The van der Waals surface area contributed by atoms with E-state index in [1.54, 1.807) is 28.5 Å². The topological polar surface area (TPSA) is 22.0 Å². The summed E-state index contributed by atoms with van der Waals surface area (Å²) < 4.78 is 1.80. The van der Waals surface area contributed by atoms with Crippen molar-refractivity contribution in [2.24, 2.45) is 0 Å². The molecule has 0 bridgehead atoms. The van der Waals surface area contributed by atoms with Crippen molar-refractivity contribution >= 4 is 39.1 Å². The van der Waals surface area contributed by atoms with E-state index in [1.165, 1.54) is 11.1 Å². The number of hydrogen-bond acceptors (Lipinski definition) is 2. The van der Waals surface area contributed by atoms with Crippen LogP contribution < -0.4 is 5.56 Å². The summed E-state index contributed by atoms with van der Waals surface area (Å²) in [6, 6.07) is 20.7. The molecule has 0 saturated heterocycles. The zero-order chi connectivity index (χ0) is 20.1. The lowest BCUT2D eigenvalue weighted by Gasteiger charge is -2.24. The van der Waals surface area contributed by atoms with Gasteiger partial charge in [0.1, 0.15) is 0 Å².